The van der Waals surface area contributed by atoms with Gasteiger partial charge in [-0.25, -0.2) is 4.98 Å². The van der Waals surface area contributed by atoms with Crippen LogP contribution < -0.4 is 5.32 Å². The van der Waals surface area contributed by atoms with Crippen LogP contribution in [0, 0.1) is 39.0 Å². The molecule has 2 aromatic heterocycles. The second kappa shape index (κ2) is 8.01. The molecule has 142 valence electrons. The van der Waals surface area contributed by atoms with Gasteiger partial charge in [-0.15, -0.1) is 11.3 Å². The van der Waals surface area contributed by atoms with Crippen molar-refractivity contribution in [2.75, 3.05) is 5.32 Å². The van der Waals surface area contributed by atoms with E-state index < -0.39 is 5.91 Å². The van der Waals surface area contributed by atoms with Gasteiger partial charge in [-0.1, -0.05) is 17.7 Å². The summed E-state index contributed by atoms with van der Waals surface area (Å²) in [5.74, 6) is -0.472. The Morgan fingerprint density at radius 1 is 1.32 bits per heavy atom. The fraction of sp³-hybridized carbons (Fsp3) is 0.190. The van der Waals surface area contributed by atoms with Gasteiger partial charge >= 0.3 is 0 Å². The predicted molar refractivity (Wildman–Crippen MR) is 114 cm³/mol. The molecule has 0 saturated heterocycles. The number of anilines is 1. The van der Waals surface area contributed by atoms with E-state index in [-0.39, 0.29) is 5.57 Å². The molecular weight excluding hydrogens is 392 g/mol. The molecule has 0 radical (unpaired) electrons. The molecule has 2 heterocycles. The Labute approximate surface area is 172 Å². The molecule has 5 nitrogen and oxygen atoms in total. The Bertz CT molecular complexity index is 1130. The van der Waals surface area contributed by atoms with E-state index in [1.165, 1.54) is 11.3 Å². The zero-order valence-corrected chi connectivity index (χ0v) is 17.6. The molecule has 0 saturated carbocycles. The number of amides is 1. The maximum atomic E-state index is 12.5. The third kappa shape index (κ3) is 3.86. The fourth-order valence-corrected chi connectivity index (χ4v) is 3.88. The van der Waals surface area contributed by atoms with Crippen molar-refractivity contribution in [3.05, 3.63) is 68.4 Å². The van der Waals surface area contributed by atoms with E-state index in [0.717, 1.165) is 33.9 Å². The molecule has 0 aliphatic carbocycles. The van der Waals surface area contributed by atoms with Crippen LogP contribution >= 0.6 is 22.9 Å². The van der Waals surface area contributed by atoms with E-state index in [1.54, 1.807) is 6.08 Å². The van der Waals surface area contributed by atoms with Gasteiger partial charge in [0.15, 0.2) is 5.13 Å². The molecule has 1 amide bonds. The van der Waals surface area contributed by atoms with Crippen LogP contribution in [0.1, 0.15) is 28.2 Å². The maximum Gasteiger partial charge on any atom is 0.268 e. The minimum absolute atomic E-state index is 0.0240. The summed E-state index contributed by atoms with van der Waals surface area (Å²) in [6.07, 6.45) is 1.61. The van der Waals surface area contributed by atoms with Crippen molar-refractivity contribution in [3.8, 4) is 11.8 Å². The topological polar surface area (TPSA) is 70.7 Å². The van der Waals surface area contributed by atoms with E-state index in [0.29, 0.717) is 10.2 Å². The lowest BCUT2D eigenvalue weighted by Gasteiger charge is -2.13. The summed E-state index contributed by atoms with van der Waals surface area (Å²) in [5.41, 5.74) is 5.51. The summed E-state index contributed by atoms with van der Waals surface area (Å²) in [6.45, 7) is 7.75. The molecule has 0 unspecified atom stereocenters. The monoisotopic (exact) mass is 410 g/mol. The van der Waals surface area contributed by atoms with E-state index in [1.807, 2.05) is 63.4 Å². The minimum Gasteiger partial charge on any atom is -0.318 e. The first kappa shape index (κ1) is 19.9. The number of thiazole rings is 1. The summed E-state index contributed by atoms with van der Waals surface area (Å²) in [4.78, 5) is 16.7. The van der Waals surface area contributed by atoms with Crippen LogP contribution in [0.4, 0.5) is 5.13 Å². The quantitative estimate of drug-likeness (QED) is 0.464. The SMILES string of the molecule is Cc1csc(NC(=O)C(C#N)=Cc2cc(C)n(-c3cccc(Cl)c3C)c2C)n1. The number of nitrogens with zero attached hydrogens (tertiary/aromatic N) is 3. The number of nitriles is 1. The Balaban J connectivity index is 1.98. The number of halogens is 1. The lowest BCUT2D eigenvalue weighted by atomic mass is 10.1. The lowest BCUT2D eigenvalue weighted by Crippen LogP contribution is -2.13. The highest BCUT2D eigenvalue weighted by molar-refractivity contribution is 7.13. The van der Waals surface area contributed by atoms with Crippen molar-refractivity contribution in [1.82, 2.24) is 9.55 Å². The highest BCUT2D eigenvalue weighted by atomic mass is 35.5. The standard InChI is InChI=1S/C21H19ClN4OS/c1-12-11-28-21(24-12)25-20(27)17(10-23)9-16-8-13(2)26(15(16)4)19-7-5-6-18(22)14(19)3/h5-9,11H,1-4H3,(H,24,25,27). The highest BCUT2D eigenvalue weighted by Crippen LogP contribution is 2.28. The Morgan fingerprint density at radius 3 is 2.71 bits per heavy atom. The molecule has 0 aliphatic heterocycles. The molecule has 1 N–H and O–H groups in total. The number of aryl methyl sites for hydroxylation is 2. The summed E-state index contributed by atoms with van der Waals surface area (Å²) in [5, 5.41) is 15.2. The smallest absolute Gasteiger partial charge is 0.268 e. The van der Waals surface area contributed by atoms with Gasteiger partial charge in [-0.05, 0) is 63.1 Å². The Morgan fingerprint density at radius 2 is 2.07 bits per heavy atom. The number of benzene rings is 1. The average molecular weight is 411 g/mol. The van der Waals surface area contributed by atoms with E-state index >= 15 is 0 Å². The van der Waals surface area contributed by atoms with Gasteiger partial charge in [0.1, 0.15) is 11.6 Å². The number of hydrogen-bond acceptors (Lipinski definition) is 4. The van der Waals surface area contributed by atoms with Crippen LogP contribution in [0.25, 0.3) is 11.8 Å². The summed E-state index contributed by atoms with van der Waals surface area (Å²) < 4.78 is 2.07. The second-order valence-electron chi connectivity index (χ2n) is 6.46. The van der Waals surface area contributed by atoms with Gasteiger partial charge in [-0.2, -0.15) is 5.26 Å². The number of carbonyl (C=O) groups is 1. The Hall–Kier alpha value is -2.88. The molecule has 0 spiro atoms. The molecule has 28 heavy (non-hydrogen) atoms. The molecule has 3 aromatic rings. The normalized spacial score (nSPS) is 11.4. The average Bonchev–Trinajstić information content (AvgIpc) is 3.18. The number of aromatic nitrogens is 2. The number of carbonyl (C=O) groups excluding carboxylic acids is 1. The van der Waals surface area contributed by atoms with Crippen molar-refractivity contribution < 1.29 is 4.79 Å². The van der Waals surface area contributed by atoms with Gasteiger partial charge in [0.25, 0.3) is 5.91 Å². The van der Waals surface area contributed by atoms with Crippen LogP contribution in [0.2, 0.25) is 5.02 Å². The van der Waals surface area contributed by atoms with Crippen molar-refractivity contribution in [2.45, 2.75) is 27.7 Å². The zero-order valence-electron chi connectivity index (χ0n) is 16.0. The van der Waals surface area contributed by atoms with Crippen molar-refractivity contribution >= 4 is 40.1 Å². The molecular formula is C21H19ClN4OS. The number of hydrogen-bond donors (Lipinski definition) is 1. The zero-order chi connectivity index (χ0) is 20.4. The number of rotatable bonds is 4. The molecule has 1 aromatic carbocycles. The molecule has 7 heteroatoms. The van der Waals surface area contributed by atoms with Crippen LogP contribution in [0.3, 0.4) is 0 Å². The van der Waals surface area contributed by atoms with Crippen molar-refractivity contribution in [1.29, 1.82) is 5.26 Å². The van der Waals surface area contributed by atoms with Crippen molar-refractivity contribution in [2.24, 2.45) is 0 Å². The maximum absolute atomic E-state index is 12.5. The first-order valence-corrected chi connectivity index (χ1v) is 9.87. The third-order valence-electron chi connectivity index (χ3n) is 4.45. The van der Waals surface area contributed by atoms with E-state index in [9.17, 15) is 10.1 Å². The Kier molecular flexibility index (Phi) is 5.68. The predicted octanol–water partition coefficient (Wildman–Crippen LogP) is 5.37. The summed E-state index contributed by atoms with van der Waals surface area (Å²) >= 11 is 7.60. The van der Waals surface area contributed by atoms with Crippen LogP contribution in [-0.2, 0) is 4.79 Å². The second-order valence-corrected chi connectivity index (χ2v) is 7.73. The van der Waals surface area contributed by atoms with Crippen molar-refractivity contribution in [3.63, 3.8) is 0 Å². The van der Waals surface area contributed by atoms with Crippen LogP contribution in [-0.4, -0.2) is 15.5 Å². The number of nitrogens with one attached hydrogen (secondary N) is 1. The lowest BCUT2D eigenvalue weighted by molar-refractivity contribution is -0.112. The minimum atomic E-state index is -0.472. The van der Waals surface area contributed by atoms with Gasteiger partial charge in [0.05, 0.1) is 5.69 Å². The molecule has 0 bridgehead atoms. The summed E-state index contributed by atoms with van der Waals surface area (Å²) in [7, 11) is 0. The fourth-order valence-electron chi connectivity index (χ4n) is 3.02. The third-order valence-corrected chi connectivity index (χ3v) is 5.74. The van der Waals surface area contributed by atoms with E-state index in [4.69, 9.17) is 11.6 Å². The van der Waals surface area contributed by atoms with Crippen LogP contribution in [0.15, 0.2) is 35.2 Å². The van der Waals surface area contributed by atoms with Crippen LogP contribution in [0.5, 0.6) is 0 Å². The molecule has 0 atom stereocenters. The van der Waals surface area contributed by atoms with Gasteiger partial charge in [0, 0.05) is 27.5 Å². The summed E-state index contributed by atoms with van der Waals surface area (Å²) in [6, 6.07) is 9.70. The molecule has 0 fully saturated rings. The van der Waals surface area contributed by atoms with E-state index in [2.05, 4.69) is 14.9 Å². The highest BCUT2D eigenvalue weighted by Gasteiger charge is 2.16. The van der Waals surface area contributed by atoms with Gasteiger partial charge in [-0.3, -0.25) is 10.1 Å². The first-order valence-electron chi connectivity index (χ1n) is 8.61. The largest absolute Gasteiger partial charge is 0.318 e. The molecule has 0 aliphatic rings. The first-order chi connectivity index (χ1) is 13.3. The van der Waals surface area contributed by atoms with Gasteiger partial charge < -0.3 is 4.57 Å². The van der Waals surface area contributed by atoms with Gasteiger partial charge in [0.2, 0.25) is 0 Å². The molecule has 3 rings (SSSR count).